The highest BCUT2D eigenvalue weighted by atomic mass is 35.5. The Balaban J connectivity index is 0.000000229. The van der Waals surface area contributed by atoms with E-state index in [1.54, 1.807) is 13.8 Å². The van der Waals surface area contributed by atoms with Crippen molar-refractivity contribution < 1.29 is 19.1 Å². The van der Waals surface area contributed by atoms with Crippen LogP contribution in [0.1, 0.15) is 32.1 Å². The Hall–Kier alpha value is -3.99. The minimum atomic E-state index is -0.570. The number of aromatic nitrogens is 4. The van der Waals surface area contributed by atoms with Crippen molar-refractivity contribution in [3.8, 4) is 0 Å². The fraction of sp³-hybridized carbons (Fsp3) is 0.154. The van der Waals surface area contributed by atoms with E-state index in [9.17, 15) is 9.59 Å². The highest BCUT2D eigenvalue weighted by Gasteiger charge is 2.19. The van der Waals surface area contributed by atoms with Crippen LogP contribution >= 0.6 is 34.8 Å². The summed E-state index contributed by atoms with van der Waals surface area (Å²) < 4.78 is 9.22. The first-order chi connectivity index (χ1) is 18.6. The van der Waals surface area contributed by atoms with Gasteiger partial charge >= 0.3 is 11.9 Å². The second-order valence-corrected chi connectivity index (χ2v) is 8.46. The SMILES string of the molecule is COC(=O)c1c(C)nc(Cl)nc1Cl.COC(=O)c1c(C)nc(Cl)nc1Nc1ccccc1.Nc1ccccc1. The third-order valence-electron chi connectivity index (χ3n) is 4.70. The van der Waals surface area contributed by atoms with Gasteiger partial charge in [0.25, 0.3) is 0 Å². The van der Waals surface area contributed by atoms with Gasteiger partial charge in [0.15, 0.2) is 0 Å². The van der Waals surface area contributed by atoms with Gasteiger partial charge in [-0.15, -0.1) is 0 Å². The number of nitrogen functional groups attached to an aromatic ring is 1. The number of nitrogens with one attached hydrogen (secondary N) is 1. The van der Waals surface area contributed by atoms with E-state index in [4.69, 9.17) is 45.3 Å². The molecule has 0 amide bonds. The predicted octanol–water partition coefficient (Wildman–Crippen LogP) is 6.12. The molecule has 0 radical (unpaired) electrons. The zero-order valence-electron chi connectivity index (χ0n) is 21.4. The molecule has 4 aromatic rings. The molecule has 2 aromatic heterocycles. The molecule has 2 aromatic carbocycles. The maximum Gasteiger partial charge on any atom is 0.343 e. The number of nitrogens with two attached hydrogens (primary N) is 1. The van der Waals surface area contributed by atoms with Gasteiger partial charge in [0.1, 0.15) is 22.1 Å². The molecule has 0 aliphatic carbocycles. The van der Waals surface area contributed by atoms with Crippen LogP contribution in [0.25, 0.3) is 0 Å². The number of hydrogen-bond donors (Lipinski definition) is 2. The number of aryl methyl sites for hydroxylation is 2. The summed E-state index contributed by atoms with van der Waals surface area (Å²) >= 11 is 17.0. The number of benzene rings is 2. The van der Waals surface area contributed by atoms with Crippen LogP contribution in [0.2, 0.25) is 15.7 Å². The van der Waals surface area contributed by atoms with Crippen molar-refractivity contribution in [2.75, 3.05) is 25.3 Å². The van der Waals surface area contributed by atoms with Crippen molar-refractivity contribution in [3.05, 3.63) is 98.9 Å². The average Bonchev–Trinajstić information content (AvgIpc) is 2.89. The number of carbonyl (C=O) groups is 2. The first-order valence-corrected chi connectivity index (χ1v) is 12.2. The number of esters is 2. The second kappa shape index (κ2) is 15.4. The Morgan fingerprint density at radius 3 is 1.64 bits per heavy atom. The normalized spacial score (nSPS) is 9.72. The molecule has 0 fully saturated rings. The summed E-state index contributed by atoms with van der Waals surface area (Å²) in [6.07, 6.45) is 0. The van der Waals surface area contributed by atoms with Gasteiger partial charge in [-0.05, 0) is 61.3 Å². The topological polar surface area (TPSA) is 142 Å². The zero-order chi connectivity index (χ0) is 28.9. The van der Waals surface area contributed by atoms with Gasteiger partial charge in [0.05, 0.1) is 25.6 Å². The van der Waals surface area contributed by atoms with Crippen LogP contribution in [-0.2, 0) is 9.47 Å². The minimum absolute atomic E-state index is 0.00403. The van der Waals surface area contributed by atoms with Crippen LogP contribution in [-0.4, -0.2) is 46.1 Å². The highest BCUT2D eigenvalue weighted by molar-refractivity contribution is 6.34. The number of methoxy groups -OCH3 is 2. The molecule has 3 N–H and O–H groups in total. The fourth-order valence-corrected chi connectivity index (χ4v) is 3.69. The summed E-state index contributed by atoms with van der Waals surface area (Å²) in [7, 11) is 2.56. The smallest absolute Gasteiger partial charge is 0.343 e. The van der Waals surface area contributed by atoms with Crippen molar-refractivity contribution >= 4 is 63.9 Å². The maximum absolute atomic E-state index is 11.8. The Morgan fingerprint density at radius 2 is 1.18 bits per heavy atom. The van der Waals surface area contributed by atoms with Crippen molar-refractivity contribution in [2.24, 2.45) is 0 Å². The molecule has 39 heavy (non-hydrogen) atoms. The van der Waals surface area contributed by atoms with Gasteiger partial charge < -0.3 is 20.5 Å². The van der Waals surface area contributed by atoms with E-state index < -0.39 is 11.9 Å². The Kier molecular flexibility index (Phi) is 12.4. The van der Waals surface area contributed by atoms with E-state index in [2.05, 4.69) is 30.0 Å². The molecular weight excluding hydrogens is 567 g/mol. The molecule has 0 unspecified atom stereocenters. The van der Waals surface area contributed by atoms with E-state index in [1.165, 1.54) is 14.2 Å². The first-order valence-electron chi connectivity index (χ1n) is 11.1. The number of rotatable bonds is 4. The lowest BCUT2D eigenvalue weighted by atomic mass is 10.2. The Labute approximate surface area is 240 Å². The molecule has 13 heteroatoms. The standard InChI is InChI=1S/C13H12ClN3O2.C7H6Cl2N2O2.C6H7N/c1-8-10(12(18)19-2)11(17-13(14)15-8)16-9-6-4-3-5-7-9;1-3-4(6(12)13-2)5(8)11-7(9)10-3;7-6-4-2-1-3-5-6/h3-7H,1-2H3,(H,15,16,17);1-2H3;1-5H,7H2. The molecule has 10 nitrogen and oxygen atoms in total. The largest absolute Gasteiger partial charge is 0.465 e. The quantitative estimate of drug-likeness (QED) is 0.123. The third-order valence-corrected chi connectivity index (χ3v) is 5.31. The summed E-state index contributed by atoms with van der Waals surface area (Å²) in [6.45, 7) is 3.28. The Morgan fingerprint density at radius 1 is 0.718 bits per heavy atom. The van der Waals surface area contributed by atoms with Gasteiger partial charge in [0, 0.05) is 11.4 Å². The van der Waals surface area contributed by atoms with Gasteiger partial charge in [-0.3, -0.25) is 0 Å². The lowest BCUT2D eigenvalue weighted by Crippen LogP contribution is -2.11. The summed E-state index contributed by atoms with van der Waals surface area (Å²) in [5, 5.41) is 3.12. The second-order valence-electron chi connectivity index (χ2n) is 7.43. The van der Waals surface area contributed by atoms with Crippen LogP contribution in [0.5, 0.6) is 0 Å². The summed E-state index contributed by atoms with van der Waals surface area (Å²) in [5.41, 5.74) is 8.26. The summed E-state index contributed by atoms with van der Waals surface area (Å²) in [6, 6.07) is 18.8. The molecule has 204 valence electrons. The lowest BCUT2D eigenvalue weighted by Gasteiger charge is -2.11. The zero-order valence-corrected chi connectivity index (χ0v) is 23.7. The fourth-order valence-electron chi connectivity index (χ4n) is 2.93. The van der Waals surface area contributed by atoms with E-state index in [1.807, 2.05) is 60.7 Å². The van der Waals surface area contributed by atoms with E-state index in [0.29, 0.717) is 17.2 Å². The van der Waals surface area contributed by atoms with Crippen molar-refractivity contribution in [3.63, 3.8) is 0 Å². The van der Waals surface area contributed by atoms with E-state index in [0.717, 1.165) is 11.4 Å². The summed E-state index contributed by atoms with van der Waals surface area (Å²) in [4.78, 5) is 38.3. The average molecular weight is 592 g/mol. The number of hydrogen-bond acceptors (Lipinski definition) is 10. The number of nitrogens with zero attached hydrogens (tertiary/aromatic N) is 4. The van der Waals surface area contributed by atoms with Crippen LogP contribution in [0, 0.1) is 13.8 Å². The molecule has 0 saturated carbocycles. The molecular formula is C26H25Cl3N6O4. The van der Waals surface area contributed by atoms with Crippen molar-refractivity contribution in [1.82, 2.24) is 19.9 Å². The molecule has 0 bridgehead atoms. The molecule has 0 spiro atoms. The molecule has 2 heterocycles. The van der Waals surface area contributed by atoms with Crippen molar-refractivity contribution in [2.45, 2.75) is 13.8 Å². The van der Waals surface area contributed by atoms with Crippen LogP contribution in [0.15, 0.2) is 60.7 Å². The first kappa shape index (κ1) is 31.2. The molecule has 0 aliphatic heterocycles. The van der Waals surface area contributed by atoms with Gasteiger partial charge in [-0.1, -0.05) is 48.0 Å². The van der Waals surface area contributed by atoms with Gasteiger partial charge in [-0.25, -0.2) is 24.5 Å². The molecule has 0 saturated heterocycles. The minimum Gasteiger partial charge on any atom is -0.465 e. The Bertz CT molecular complexity index is 1390. The predicted molar refractivity (Wildman–Crippen MR) is 152 cm³/mol. The van der Waals surface area contributed by atoms with Gasteiger partial charge in [0.2, 0.25) is 10.6 Å². The number of carbonyl (C=O) groups excluding carboxylic acids is 2. The van der Waals surface area contributed by atoms with Crippen LogP contribution in [0.3, 0.4) is 0 Å². The maximum atomic E-state index is 11.8. The number of para-hydroxylation sites is 2. The monoisotopic (exact) mass is 590 g/mol. The van der Waals surface area contributed by atoms with E-state index in [-0.39, 0.29) is 26.8 Å². The number of ether oxygens (including phenoxy) is 2. The number of anilines is 3. The molecule has 0 aliphatic rings. The highest BCUT2D eigenvalue weighted by Crippen LogP contribution is 2.23. The third kappa shape index (κ3) is 9.68. The van der Waals surface area contributed by atoms with Crippen LogP contribution < -0.4 is 11.1 Å². The number of halogens is 3. The lowest BCUT2D eigenvalue weighted by molar-refractivity contribution is 0.0590. The van der Waals surface area contributed by atoms with Crippen molar-refractivity contribution in [1.29, 1.82) is 0 Å². The molecule has 0 atom stereocenters. The van der Waals surface area contributed by atoms with Gasteiger partial charge in [-0.2, -0.15) is 4.98 Å². The van der Waals surface area contributed by atoms with E-state index >= 15 is 0 Å². The summed E-state index contributed by atoms with van der Waals surface area (Å²) in [5.74, 6) is -0.748. The van der Waals surface area contributed by atoms with Crippen LogP contribution in [0.4, 0.5) is 17.2 Å². The molecule has 4 rings (SSSR count).